The summed E-state index contributed by atoms with van der Waals surface area (Å²) in [5.41, 5.74) is -0.333. The minimum Gasteiger partial charge on any atom is -0.479 e. The molecule has 1 saturated carbocycles. The first-order chi connectivity index (χ1) is 8.32. The smallest absolute Gasteiger partial charge is 0.332 e. The Labute approximate surface area is 105 Å². The molecule has 4 unspecified atom stereocenters. The SMILES string of the molecule is CC1(C)C(O)CC1NC(=O)C1CCC(C(=O)O)O1. The highest BCUT2D eigenvalue weighted by Crippen LogP contribution is 2.40. The van der Waals surface area contributed by atoms with E-state index in [1.54, 1.807) is 0 Å². The Bertz CT molecular complexity index is 367. The predicted octanol–water partition coefficient (Wildman–Crippen LogP) is -0.106. The highest BCUT2D eigenvalue weighted by Gasteiger charge is 2.49. The summed E-state index contributed by atoms with van der Waals surface area (Å²) < 4.78 is 5.18. The third-order valence-corrected chi connectivity index (χ3v) is 4.12. The van der Waals surface area contributed by atoms with Gasteiger partial charge in [-0.1, -0.05) is 13.8 Å². The van der Waals surface area contributed by atoms with E-state index >= 15 is 0 Å². The largest absolute Gasteiger partial charge is 0.479 e. The number of amides is 1. The van der Waals surface area contributed by atoms with Gasteiger partial charge in [0.1, 0.15) is 6.10 Å². The molecule has 2 aliphatic rings. The Hall–Kier alpha value is -1.14. The highest BCUT2D eigenvalue weighted by molar-refractivity contribution is 5.83. The van der Waals surface area contributed by atoms with Crippen LogP contribution in [0.3, 0.4) is 0 Å². The number of carboxylic acids is 1. The molecule has 1 aliphatic carbocycles. The second-order valence-electron chi connectivity index (χ2n) is 5.66. The summed E-state index contributed by atoms with van der Waals surface area (Å²) in [4.78, 5) is 22.6. The van der Waals surface area contributed by atoms with Crippen LogP contribution in [0.5, 0.6) is 0 Å². The number of ether oxygens (including phenoxy) is 1. The molecule has 0 aromatic rings. The zero-order valence-electron chi connectivity index (χ0n) is 10.5. The molecule has 0 bridgehead atoms. The zero-order valence-corrected chi connectivity index (χ0v) is 10.5. The van der Waals surface area contributed by atoms with Crippen molar-refractivity contribution in [3.8, 4) is 0 Å². The second-order valence-corrected chi connectivity index (χ2v) is 5.66. The number of hydrogen-bond acceptors (Lipinski definition) is 4. The van der Waals surface area contributed by atoms with E-state index in [9.17, 15) is 14.7 Å². The fourth-order valence-electron chi connectivity index (χ4n) is 2.42. The van der Waals surface area contributed by atoms with Crippen molar-refractivity contribution in [2.24, 2.45) is 5.41 Å². The van der Waals surface area contributed by atoms with Gasteiger partial charge in [-0.15, -0.1) is 0 Å². The van der Waals surface area contributed by atoms with Crippen molar-refractivity contribution in [1.29, 1.82) is 0 Å². The normalized spacial score (nSPS) is 37.9. The fourth-order valence-corrected chi connectivity index (χ4v) is 2.42. The van der Waals surface area contributed by atoms with Gasteiger partial charge in [0.05, 0.1) is 6.10 Å². The van der Waals surface area contributed by atoms with E-state index in [0.717, 1.165) is 0 Å². The Morgan fingerprint density at radius 3 is 2.33 bits per heavy atom. The molecule has 0 aromatic carbocycles. The fraction of sp³-hybridized carbons (Fsp3) is 0.833. The molecule has 18 heavy (non-hydrogen) atoms. The minimum atomic E-state index is -1.02. The molecule has 0 aromatic heterocycles. The molecule has 6 heteroatoms. The van der Waals surface area contributed by atoms with E-state index < -0.39 is 24.3 Å². The van der Waals surface area contributed by atoms with E-state index in [2.05, 4.69) is 5.32 Å². The molecular weight excluding hydrogens is 238 g/mol. The van der Waals surface area contributed by atoms with Crippen LogP contribution in [0.4, 0.5) is 0 Å². The molecule has 3 N–H and O–H groups in total. The Balaban J connectivity index is 1.85. The van der Waals surface area contributed by atoms with E-state index in [-0.39, 0.29) is 17.4 Å². The van der Waals surface area contributed by atoms with Crippen LogP contribution in [0.15, 0.2) is 0 Å². The maximum atomic E-state index is 11.9. The van der Waals surface area contributed by atoms with Crippen molar-refractivity contribution in [2.75, 3.05) is 0 Å². The number of rotatable bonds is 3. The van der Waals surface area contributed by atoms with Crippen molar-refractivity contribution in [1.82, 2.24) is 5.32 Å². The number of aliphatic carboxylic acids is 1. The minimum absolute atomic E-state index is 0.0764. The molecule has 2 fully saturated rings. The van der Waals surface area contributed by atoms with Crippen LogP contribution in [0, 0.1) is 5.41 Å². The Morgan fingerprint density at radius 1 is 1.28 bits per heavy atom. The standard InChI is InChI=1S/C12H19NO5/c1-12(2)8(5-9(12)14)13-10(15)6-3-4-7(18-6)11(16)17/h6-9,14H,3-5H2,1-2H3,(H,13,15)(H,16,17). The Kier molecular flexibility index (Phi) is 3.33. The average Bonchev–Trinajstić information content (AvgIpc) is 2.78. The van der Waals surface area contributed by atoms with Crippen LogP contribution < -0.4 is 5.32 Å². The van der Waals surface area contributed by atoms with Crippen LogP contribution in [0.1, 0.15) is 33.1 Å². The number of nitrogens with one attached hydrogen (secondary N) is 1. The Morgan fingerprint density at radius 2 is 1.89 bits per heavy atom. The third-order valence-electron chi connectivity index (χ3n) is 4.12. The molecule has 6 nitrogen and oxygen atoms in total. The first-order valence-electron chi connectivity index (χ1n) is 6.19. The number of carboxylic acid groups (broad SMARTS) is 1. The lowest BCUT2D eigenvalue weighted by molar-refractivity contribution is -0.153. The number of aliphatic hydroxyl groups is 1. The topological polar surface area (TPSA) is 95.9 Å². The van der Waals surface area contributed by atoms with Gasteiger partial charge in [-0.25, -0.2) is 4.79 Å². The lowest BCUT2D eigenvalue weighted by Crippen LogP contribution is -2.62. The van der Waals surface area contributed by atoms with Gasteiger partial charge in [0, 0.05) is 11.5 Å². The second kappa shape index (κ2) is 4.51. The van der Waals surface area contributed by atoms with Crippen molar-refractivity contribution < 1.29 is 24.5 Å². The molecule has 1 amide bonds. The van der Waals surface area contributed by atoms with Crippen LogP contribution >= 0.6 is 0 Å². The van der Waals surface area contributed by atoms with Gasteiger partial charge < -0.3 is 20.3 Å². The van der Waals surface area contributed by atoms with Gasteiger partial charge in [0.2, 0.25) is 5.91 Å². The van der Waals surface area contributed by atoms with Gasteiger partial charge in [-0.05, 0) is 19.3 Å². The molecule has 1 aliphatic heterocycles. The van der Waals surface area contributed by atoms with Gasteiger partial charge >= 0.3 is 5.97 Å². The maximum absolute atomic E-state index is 11.9. The average molecular weight is 257 g/mol. The lowest BCUT2D eigenvalue weighted by Gasteiger charge is -2.49. The molecule has 4 atom stereocenters. The summed E-state index contributed by atoms with van der Waals surface area (Å²) in [6.07, 6.45) is -0.629. The van der Waals surface area contributed by atoms with Gasteiger partial charge in [-0.2, -0.15) is 0 Å². The summed E-state index contributed by atoms with van der Waals surface area (Å²) in [6, 6.07) is -0.0764. The van der Waals surface area contributed by atoms with Crippen molar-refractivity contribution in [3.63, 3.8) is 0 Å². The number of carbonyl (C=O) groups is 2. The van der Waals surface area contributed by atoms with Gasteiger partial charge in [-0.3, -0.25) is 4.79 Å². The predicted molar refractivity (Wildman–Crippen MR) is 61.9 cm³/mol. The first kappa shape index (κ1) is 13.3. The van der Waals surface area contributed by atoms with E-state index in [1.807, 2.05) is 13.8 Å². The third kappa shape index (κ3) is 2.22. The quantitative estimate of drug-likeness (QED) is 0.656. The molecule has 2 rings (SSSR count). The summed E-state index contributed by atoms with van der Waals surface area (Å²) in [5, 5.41) is 21.2. The number of carbonyl (C=O) groups excluding carboxylic acids is 1. The van der Waals surface area contributed by atoms with E-state index in [4.69, 9.17) is 9.84 Å². The van der Waals surface area contributed by atoms with Gasteiger partial charge in [0.15, 0.2) is 6.10 Å². The van der Waals surface area contributed by atoms with Crippen molar-refractivity contribution in [3.05, 3.63) is 0 Å². The lowest BCUT2D eigenvalue weighted by atomic mass is 9.64. The number of hydrogen-bond donors (Lipinski definition) is 3. The molecule has 0 spiro atoms. The zero-order chi connectivity index (χ0) is 13.5. The molecule has 1 heterocycles. The van der Waals surface area contributed by atoms with Crippen LogP contribution in [0.25, 0.3) is 0 Å². The molecule has 102 valence electrons. The number of aliphatic hydroxyl groups excluding tert-OH is 1. The summed E-state index contributed by atoms with van der Waals surface area (Å²) >= 11 is 0. The van der Waals surface area contributed by atoms with Gasteiger partial charge in [0.25, 0.3) is 0 Å². The molecule has 1 saturated heterocycles. The molecular formula is C12H19NO5. The highest BCUT2D eigenvalue weighted by atomic mass is 16.5. The maximum Gasteiger partial charge on any atom is 0.332 e. The summed E-state index contributed by atoms with van der Waals surface area (Å²) in [6.45, 7) is 3.78. The monoisotopic (exact) mass is 257 g/mol. The van der Waals surface area contributed by atoms with E-state index in [1.165, 1.54) is 0 Å². The first-order valence-corrected chi connectivity index (χ1v) is 6.19. The van der Waals surface area contributed by atoms with Crippen LogP contribution in [0.2, 0.25) is 0 Å². The summed E-state index contributed by atoms with van der Waals surface area (Å²) in [7, 11) is 0. The van der Waals surface area contributed by atoms with Crippen molar-refractivity contribution >= 4 is 11.9 Å². The van der Waals surface area contributed by atoms with E-state index in [0.29, 0.717) is 19.3 Å². The van der Waals surface area contributed by atoms with Crippen LogP contribution in [-0.2, 0) is 14.3 Å². The van der Waals surface area contributed by atoms with Crippen LogP contribution in [-0.4, -0.2) is 46.4 Å². The summed E-state index contributed by atoms with van der Waals surface area (Å²) in [5.74, 6) is -1.30. The van der Waals surface area contributed by atoms with Crippen molar-refractivity contribution in [2.45, 2.75) is 57.5 Å². The molecule has 0 radical (unpaired) electrons.